The van der Waals surface area contributed by atoms with Crippen LogP contribution >= 0.6 is 11.6 Å². The van der Waals surface area contributed by atoms with Gasteiger partial charge in [0.25, 0.3) is 0 Å². The standard InChI is InChI=1S/C34H38ClN3O6/c1-3-43-32(40)26-21-27(35)29(22-30(26)42-2)36-31(39)11-7-8-23-12-13-25(24-9-5-4-6-10-24)28(20-23)37-33(41)44-34-14-17-38(18-15-34)19-16-34/h4-6,9-10,12-13,20-22H,3,7-8,11,14-19H2,1-2H3,(H,36,39)(H,37,41). The number of carbonyl (C=O) groups excluding carboxylic acids is 3. The largest absolute Gasteiger partial charge is 0.496 e. The van der Waals surface area contributed by atoms with Gasteiger partial charge in [0, 0.05) is 56.9 Å². The molecule has 9 nitrogen and oxygen atoms in total. The first-order chi connectivity index (χ1) is 21.3. The number of anilines is 2. The van der Waals surface area contributed by atoms with Crippen LogP contribution in [-0.4, -0.2) is 61.8 Å². The van der Waals surface area contributed by atoms with E-state index in [0.717, 1.165) is 55.6 Å². The highest BCUT2D eigenvalue weighted by atomic mass is 35.5. The molecule has 44 heavy (non-hydrogen) atoms. The minimum absolute atomic E-state index is 0.188. The number of fused-ring (bicyclic) bond motifs is 3. The van der Waals surface area contributed by atoms with Crippen LogP contribution in [0.2, 0.25) is 5.02 Å². The molecule has 3 heterocycles. The number of methoxy groups -OCH3 is 1. The van der Waals surface area contributed by atoms with Gasteiger partial charge in [-0.25, -0.2) is 9.59 Å². The third-order valence-electron chi connectivity index (χ3n) is 8.29. The summed E-state index contributed by atoms with van der Waals surface area (Å²) in [5, 5.41) is 6.05. The number of hydrogen-bond acceptors (Lipinski definition) is 7. The van der Waals surface area contributed by atoms with Gasteiger partial charge < -0.3 is 24.4 Å². The molecule has 3 saturated heterocycles. The molecule has 0 aliphatic carbocycles. The van der Waals surface area contributed by atoms with E-state index in [1.165, 1.54) is 19.2 Å². The molecular formula is C34H38ClN3O6. The Morgan fingerprint density at radius 3 is 2.34 bits per heavy atom. The van der Waals surface area contributed by atoms with Crippen molar-refractivity contribution in [2.75, 3.05) is 44.0 Å². The van der Waals surface area contributed by atoms with E-state index in [1.54, 1.807) is 6.92 Å². The number of nitrogens with one attached hydrogen (secondary N) is 2. The van der Waals surface area contributed by atoms with E-state index in [9.17, 15) is 14.4 Å². The molecule has 0 unspecified atom stereocenters. The Morgan fingerprint density at radius 2 is 1.66 bits per heavy atom. The van der Waals surface area contributed by atoms with Gasteiger partial charge in [-0.1, -0.05) is 54.1 Å². The average Bonchev–Trinajstić information content (AvgIpc) is 3.03. The number of amides is 2. The molecule has 3 aliphatic heterocycles. The van der Waals surface area contributed by atoms with E-state index < -0.39 is 12.1 Å². The normalized spacial score (nSPS) is 18.8. The minimum atomic E-state index is -0.552. The Bertz CT molecular complexity index is 1490. The fourth-order valence-corrected chi connectivity index (χ4v) is 6.06. The lowest BCUT2D eigenvalue weighted by Crippen LogP contribution is -2.54. The van der Waals surface area contributed by atoms with Crippen molar-refractivity contribution in [2.45, 2.75) is 51.0 Å². The zero-order chi connectivity index (χ0) is 31.1. The van der Waals surface area contributed by atoms with Crippen LogP contribution in [0.5, 0.6) is 5.75 Å². The van der Waals surface area contributed by atoms with Gasteiger partial charge in [0.1, 0.15) is 16.9 Å². The number of hydrogen-bond donors (Lipinski definition) is 2. The smallest absolute Gasteiger partial charge is 0.412 e. The lowest BCUT2D eigenvalue weighted by Gasteiger charge is -2.47. The minimum Gasteiger partial charge on any atom is -0.496 e. The van der Waals surface area contributed by atoms with Gasteiger partial charge in [-0.05, 0) is 43.0 Å². The van der Waals surface area contributed by atoms with Gasteiger partial charge in [0.15, 0.2) is 0 Å². The quantitative estimate of drug-likeness (QED) is 0.224. The van der Waals surface area contributed by atoms with Crippen LogP contribution in [0.25, 0.3) is 11.1 Å². The van der Waals surface area contributed by atoms with Gasteiger partial charge >= 0.3 is 12.1 Å². The number of benzene rings is 3. The molecular weight excluding hydrogens is 582 g/mol. The van der Waals surface area contributed by atoms with Crippen molar-refractivity contribution < 1.29 is 28.6 Å². The van der Waals surface area contributed by atoms with Crippen LogP contribution in [-0.2, 0) is 20.7 Å². The second kappa shape index (κ2) is 14.1. The van der Waals surface area contributed by atoms with Crippen molar-refractivity contribution in [1.82, 2.24) is 4.90 Å². The molecule has 0 saturated carbocycles. The lowest BCUT2D eigenvalue weighted by atomic mass is 9.83. The van der Waals surface area contributed by atoms with Crippen molar-refractivity contribution in [2.24, 2.45) is 0 Å². The molecule has 3 aromatic carbocycles. The van der Waals surface area contributed by atoms with E-state index in [2.05, 4.69) is 15.5 Å². The fraction of sp³-hybridized carbons (Fsp3) is 0.382. The van der Waals surface area contributed by atoms with E-state index in [4.69, 9.17) is 25.8 Å². The highest BCUT2D eigenvalue weighted by molar-refractivity contribution is 6.34. The number of ether oxygens (including phenoxy) is 3. The Labute approximate surface area is 262 Å². The third-order valence-corrected chi connectivity index (χ3v) is 8.61. The molecule has 0 aromatic heterocycles. The van der Waals surface area contributed by atoms with Crippen LogP contribution in [0.3, 0.4) is 0 Å². The summed E-state index contributed by atoms with van der Waals surface area (Å²) >= 11 is 6.36. The molecule has 232 valence electrons. The van der Waals surface area contributed by atoms with Gasteiger partial charge in [-0.2, -0.15) is 0 Å². The van der Waals surface area contributed by atoms with Crippen molar-refractivity contribution in [3.05, 3.63) is 76.8 Å². The second-order valence-electron chi connectivity index (χ2n) is 11.2. The summed E-state index contributed by atoms with van der Waals surface area (Å²) in [6.45, 7) is 4.82. The highest BCUT2D eigenvalue weighted by Crippen LogP contribution is 2.37. The van der Waals surface area contributed by atoms with E-state index in [-0.39, 0.29) is 40.9 Å². The Hall–Kier alpha value is -4.08. The Balaban J connectivity index is 1.23. The molecule has 2 amide bonds. The molecule has 10 heteroatoms. The summed E-state index contributed by atoms with van der Waals surface area (Å²) in [4.78, 5) is 40.6. The maximum Gasteiger partial charge on any atom is 0.412 e. The predicted octanol–water partition coefficient (Wildman–Crippen LogP) is 6.94. The van der Waals surface area contributed by atoms with Crippen LogP contribution < -0.4 is 15.4 Å². The summed E-state index contributed by atoms with van der Waals surface area (Å²) in [5.41, 5.74) is 3.69. The van der Waals surface area contributed by atoms with Crippen LogP contribution in [0.4, 0.5) is 16.2 Å². The fourth-order valence-electron chi connectivity index (χ4n) is 5.85. The van der Waals surface area contributed by atoms with Crippen molar-refractivity contribution in [1.29, 1.82) is 0 Å². The van der Waals surface area contributed by atoms with Crippen molar-refractivity contribution in [3.63, 3.8) is 0 Å². The predicted molar refractivity (Wildman–Crippen MR) is 171 cm³/mol. The average molecular weight is 620 g/mol. The Morgan fingerprint density at radius 1 is 0.932 bits per heavy atom. The molecule has 3 aromatic rings. The molecule has 6 rings (SSSR count). The molecule has 0 atom stereocenters. The number of piperidine rings is 3. The van der Waals surface area contributed by atoms with Gasteiger partial charge in [0.05, 0.1) is 30.1 Å². The zero-order valence-electron chi connectivity index (χ0n) is 25.1. The van der Waals surface area contributed by atoms with Crippen molar-refractivity contribution >= 4 is 40.9 Å². The zero-order valence-corrected chi connectivity index (χ0v) is 25.9. The molecule has 2 bridgehead atoms. The third kappa shape index (κ3) is 7.52. The first-order valence-corrected chi connectivity index (χ1v) is 15.4. The molecule has 2 N–H and O–H groups in total. The monoisotopic (exact) mass is 619 g/mol. The summed E-state index contributed by atoms with van der Waals surface area (Å²) in [6, 6.07) is 18.8. The Kier molecular flexibility index (Phi) is 10.1. The lowest BCUT2D eigenvalue weighted by molar-refractivity contribution is -0.116. The maximum atomic E-state index is 13.2. The summed E-state index contributed by atoms with van der Waals surface area (Å²) in [6.07, 6.45) is 3.57. The van der Waals surface area contributed by atoms with E-state index in [0.29, 0.717) is 24.2 Å². The maximum absolute atomic E-state index is 13.2. The number of nitrogens with zero attached hydrogens (tertiary/aromatic N) is 1. The SMILES string of the molecule is CCOC(=O)c1cc(Cl)c(NC(=O)CCCc2ccc(-c3ccccc3)c(NC(=O)OC34CCN(CC3)CC4)c2)cc1OC. The summed E-state index contributed by atoms with van der Waals surface area (Å²) in [5.74, 6) is -0.518. The number of carbonyl (C=O) groups is 3. The second-order valence-corrected chi connectivity index (χ2v) is 11.6. The highest BCUT2D eigenvalue weighted by Gasteiger charge is 2.42. The van der Waals surface area contributed by atoms with E-state index >= 15 is 0 Å². The topological polar surface area (TPSA) is 106 Å². The van der Waals surface area contributed by atoms with Gasteiger partial charge in [-0.3, -0.25) is 10.1 Å². The van der Waals surface area contributed by atoms with Crippen LogP contribution in [0.1, 0.15) is 54.9 Å². The van der Waals surface area contributed by atoms with Gasteiger partial charge in [0.2, 0.25) is 5.91 Å². The summed E-state index contributed by atoms with van der Waals surface area (Å²) in [7, 11) is 1.43. The molecule has 0 radical (unpaired) electrons. The van der Waals surface area contributed by atoms with Crippen LogP contribution in [0.15, 0.2) is 60.7 Å². The number of aryl methyl sites for hydroxylation is 1. The van der Waals surface area contributed by atoms with Crippen molar-refractivity contribution in [3.8, 4) is 16.9 Å². The molecule has 3 fully saturated rings. The number of rotatable bonds is 11. The number of esters is 1. The first-order valence-electron chi connectivity index (χ1n) is 15.0. The summed E-state index contributed by atoms with van der Waals surface area (Å²) < 4.78 is 16.4. The van der Waals surface area contributed by atoms with E-state index in [1.807, 2.05) is 48.5 Å². The number of halogens is 1. The molecule has 3 aliphatic rings. The molecule has 0 spiro atoms. The van der Waals surface area contributed by atoms with Crippen LogP contribution in [0, 0.1) is 0 Å². The van der Waals surface area contributed by atoms with Gasteiger partial charge in [-0.15, -0.1) is 0 Å². The first kappa shape index (κ1) is 31.3.